The SMILES string of the molecule is Cc1ccc2oc3ccccc3c2c1-c1ccc(-c2nc(-c3ccc(-c4ccccc4)cc3)nc(-c3ccc(-c4ccccc4)cc3)n2)cc1. The van der Waals surface area contributed by atoms with Gasteiger partial charge in [0, 0.05) is 27.5 Å². The molecule has 0 aliphatic heterocycles. The van der Waals surface area contributed by atoms with Crippen LogP contribution in [0.15, 0.2) is 174 Å². The van der Waals surface area contributed by atoms with Gasteiger partial charge in [-0.05, 0) is 58.0 Å². The predicted molar refractivity (Wildman–Crippen MR) is 204 cm³/mol. The summed E-state index contributed by atoms with van der Waals surface area (Å²) in [6.45, 7) is 2.15. The molecule has 0 N–H and O–H groups in total. The van der Waals surface area contributed by atoms with Crippen LogP contribution in [-0.2, 0) is 0 Å². The summed E-state index contributed by atoms with van der Waals surface area (Å²) in [7, 11) is 0. The fourth-order valence-corrected chi connectivity index (χ4v) is 6.73. The molecule has 0 bridgehead atoms. The Morgan fingerprint density at radius 3 is 1.24 bits per heavy atom. The van der Waals surface area contributed by atoms with Gasteiger partial charge in [0.1, 0.15) is 11.2 Å². The number of hydrogen-bond donors (Lipinski definition) is 0. The Balaban J connectivity index is 1.13. The smallest absolute Gasteiger partial charge is 0.164 e. The Hall–Kier alpha value is -6.65. The van der Waals surface area contributed by atoms with Crippen molar-refractivity contribution >= 4 is 21.9 Å². The first-order valence-electron chi connectivity index (χ1n) is 16.8. The van der Waals surface area contributed by atoms with Crippen LogP contribution in [0.1, 0.15) is 5.56 Å². The lowest BCUT2D eigenvalue weighted by Gasteiger charge is -2.11. The molecule has 0 spiro atoms. The van der Waals surface area contributed by atoms with Gasteiger partial charge in [-0.2, -0.15) is 0 Å². The molecule has 0 saturated heterocycles. The van der Waals surface area contributed by atoms with Gasteiger partial charge in [0.25, 0.3) is 0 Å². The van der Waals surface area contributed by atoms with Gasteiger partial charge in [-0.3, -0.25) is 0 Å². The van der Waals surface area contributed by atoms with E-state index in [-0.39, 0.29) is 0 Å². The van der Waals surface area contributed by atoms with Gasteiger partial charge in [0.05, 0.1) is 0 Å². The zero-order chi connectivity index (χ0) is 33.4. The van der Waals surface area contributed by atoms with Crippen LogP contribution in [0.25, 0.3) is 89.5 Å². The van der Waals surface area contributed by atoms with Gasteiger partial charge in [-0.15, -0.1) is 0 Å². The highest BCUT2D eigenvalue weighted by Crippen LogP contribution is 2.39. The van der Waals surface area contributed by atoms with E-state index in [0.717, 1.165) is 55.3 Å². The van der Waals surface area contributed by atoms with E-state index < -0.39 is 0 Å². The Morgan fingerprint density at radius 1 is 0.340 bits per heavy atom. The van der Waals surface area contributed by atoms with Crippen molar-refractivity contribution in [2.24, 2.45) is 0 Å². The molecule has 4 nitrogen and oxygen atoms in total. The first kappa shape index (κ1) is 29.5. The van der Waals surface area contributed by atoms with E-state index in [4.69, 9.17) is 19.4 Å². The lowest BCUT2D eigenvalue weighted by molar-refractivity contribution is 0.669. The summed E-state index contributed by atoms with van der Waals surface area (Å²) in [5.41, 5.74) is 12.7. The number of fused-ring (bicyclic) bond motifs is 3. The van der Waals surface area contributed by atoms with Crippen LogP contribution in [0, 0.1) is 6.92 Å². The second-order valence-electron chi connectivity index (χ2n) is 12.5. The number of aryl methyl sites for hydroxylation is 1. The van der Waals surface area contributed by atoms with Crippen LogP contribution in [-0.4, -0.2) is 15.0 Å². The zero-order valence-electron chi connectivity index (χ0n) is 27.4. The van der Waals surface area contributed by atoms with Gasteiger partial charge in [0.15, 0.2) is 17.5 Å². The highest BCUT2D eigenvalue weighted by molar-refractivity contribution is 6.13. The maximum atomic E-state index is 6.21. The molecule has 0 fully saturated rings. The molecule has 4 heteroatoms. The Labute approximate surface area is 290 Å². The van der Waals surface area contributed by atoms with Gasteiger partial charge in [-0.25, -0.2) is 15.0 Å². The van der Waals surface area contributed by atoms with Crippen molar-refractivity contribution in [3.63, 3.8) is 0 Å². The average Bonchev–Trinajstić information content (AvgIpc) is 3.57. The fourth-order valence-electron chi connectivity index (χ4n) is 6.73. The molecule has 0 unspecified atom stereocenters. The minimum Gasteiger partial charge on any atom is -0.456 e. The van der Waals surface area contributed by atoms with Gasteiger partial charge in [0.2, 0.25) is 0 Å². The van der Waals surface area contributed by atoms with E-state index in [0.29, 0.717) is 17.5 Å². The van der Waals surface area contributed by atoms with Crippen LogP contribution in [0.3, 0.4) is 0 Å². The monoisotopic (exact) mass is 641 g/mol. The molecule has 7 aromatic carbocycles. The van der Waals surface area contributed by atoms with Crippen molar-refractivity contribution in [3.8, 4) is 67.5 Å². The molecule has 50 heavy (non-hydrogen) atoms. The van der Waals surface area contributed by atoms with Crippen molar-refractivity contribution in [2.45, 2.75) is 6.92 Å². The zero-order valence-corrected chi connectivity index (χ0v) is 27.4. The standard InChI is InChI=1S/C46H31N3O/c1-30-16-29-41-43(39-14-8-9-15-40(39)50-41)42(30)35-21-27-38(28-22-35)46-48-44(36-23-17-33(18-24-36)31-10-4-2-5-11-31)47-45(49-46)37-25-19-34(20-26-37)32-12-6-3-7-13-32/h2-29H,1H3. The minimum absolute atomic E-state index is 0.625. The molecule has 9 rings (SSSR count). The third kappa shape index (κ3) is 5.43. The van der Waals surface area contributed by atoms with Crippen LogP contribution >= 0.6 is 0 Å². The quantitative estimate of drug-likeness (QED) is 0.181. The molecule has 2 heterocycles. The Morgan fingerprint density at radius 2 is 0.740 bits per heavy atom. The first-order chi connectivity index (χ1) is 24.7. The van der Waals surface area contributed by atoms with Crippen molar-refractivity contribution in [1.29, 1.82) is 0 Å². The number of hydrogen-bond acceptors (Lipinski definition) is 4. The maximum Gasteiger partial charge on any atom is 0.164 e. The molecule has 9 aromatic rings. The van der Waals surface area contributed by atoms with Crippen molar-refractivity contribution < 1.29 is 4.42 Å². The summed E-state index contributed by atoms with van der Waals surface area (Å²) in [6.07, 6.45) is 0. The van der Waals surface area contributed by atoms with Gasteiger partial charge < -0.3 is 4.42 Å². The largest absolute Gasteiger partial charge is 0.456 e. The van der Waals surface area contributed by atoms with E-state index in [9.17, 15) is 0 Å². The summed E-state index contributed by atoms with van der Waals surface area (Å²) >= 11 is 0. The van der Waals surface area contributed by atoms with Crippen molar-refractivity contribution in [1.82, 2.24) is 15.0 Å². The third-order valence-corrected chi connectivity index (χ3v) is 9.32. The van der Waals surface area contributed by atoms with E-state index in [1.54, 1.807) is 0 Å². The summed E-state index contributed by atoms with van der Waals surface area (Å²) < 4.78 is 6.21. The summed E-state index contributed by atoms with van der Waals surface area (Å²) in [5.74, 6) is 1.89. The lowest BCUT2D eigenvalue weighted by atomic mass is 9.94. The summed E-state index contributed by atoms with van der Waals surface area (Å²) in [6, 6.07) is 58.6. The first-order valence-corrected chi connectivity index (χ1v) is 16.8. The number of aromatic nitrogens is 3. The van der Waals surface area contributed by atoms with Crippen LogP contribution < -0.4 is 0 Å². The molecule has 0 aliphatic carbocycles. The molecule has 0 radical (unpaired) electrons. The van der Waals surface area contributed by atoms with Crippen LogP contribution in [0.2, 0.25) is 0 Å². The molecule has 0 saturated carbocycles. The van der Waals surface area contributed by atoms with Gasteiger partial charge >= 0.3 is 0 Å². The predicted octanol–water partition coefficient (Wildman–Crippen LogP) is 12.1. The molecule has 2 aromatic heterocycles. The second kappa shape index (κ2) is 12.4. The fraction of sp³-hybridized carbons (Fsp3) is 0.0217. The van der Waals surface area contributed by atoms with Crippen LogP contribution in [0.5, 0.6) is 0 Å². The average molecular weight is 642 g/mol. The van der Waals surface area contributed by atoms with Crippen molar-refractivity contribution in [3.05, 3.63) is 175 Å². The van der Waals surface area contributed by atoms with E-state index in [1.807, 2.05) is 24.3 Å². The third-order valence-electron chi connectivity index (χ3n) is 9.32. The van der Waals surface area contributed by atoms with E-state index >= 15 is 0 Å². The molecule has 236 valence electrons. The number of rotatable bonds is 6. The van der Waals surface area contributed by atoms with Gasteiger partial charge in [-0.1, -0.05) is 158 Å². The van der Waals surface area contributed by atoms with E-state index in [1.165, 1.54) is 22.3 Å². The maximum absolute atomic E-state index is 6.21. The summed E-state index contributed by atoms with van der Waals surface area (Å²) in [4.78, 5) is 15.1. The highest BCUT2D eigenvalue weighted by atomic mass is 16.3. The number of furan rings is 1. The topological polar surface area (TPSA) is 51.8 Å². The van der Waals surface area contributed by atoms with Crippen LogP contribution in [0.4, 0.5) is 0 Å². The number of para-hydroxylation sites is 1. The molecule has 0 amide bonds. The lowest BCUT2D eigenvalue weighted by Crippen LogP contribution is -2.00. The number of benzene rings is 7. The Kier molecular flexibility index (Phi) is 7.33. The summed E-state index contributed by atoms with van der Waals surface area (Å²) in [5, 5.41) is 2.25. The highest BCUT2D eigenvalue weighted by Gasteiger charge is 2.17. The minimum atomic E-state index is 0.625. The molecular weight excluding hydrogens is 611 g/mol. The Bertz CT molecular complexity index is 2510. The second-order valence-corrected chi connectivity index (χ2v) is 12.5. The molecule has 0 aliphatic rings. The molecular formula is C46H31N3O. The molecule has 0 atom stereocenters. The van der Waals surface area contributed by atoms with E-state index in [2.05, 4.69) is 153 Å². The van der Waals surface area contributed by atoms with Crippen molar-refractivity contribution in [2.75, 3.05) is 0 Å². The number of nitrogens with zero attached hydrogens (tertiary/aromatic N) is 3. The normalized spacial score (nSPS) is 11.3.